The SMILES string of the molecule is CC(C)[Si](C#CC(=O)Cc1ccccc1)(C(C)C)C(C)C. The Morgan fingerprint density at radius 3 is 1.86 bits per heavy atom. The quantitative estimate of drug-likeness (QED) is 0.551. The number of rotatable bonds is 5. The fraction of sp³-hybridized carbons (Fsp3) is 0.526. The lowest BCUT2D eigenvalue weighted by Crippen LogP contribution is -2.43. The van der Waals surface area contributed by atoms with Crippen LogP contribution in [0.2, 0.25) is 16.6 Å². The van der Waals surface area contributed by atoms with Gasteiger partial charge in [-0.1, -0.05) is 71.9 Å². The molecule has 1 rings (SSSR count). The summed E-state index contributed by atoms with van der Waals surface area (Å²) in [5.74, 6) is 3.03. The van der Waals surface area contributed by atoms with Crippen molar-refractivity contribution in [2.75, 3.05) is 0 Å². The second kappa shape index (κ2) is 7.61. The zero-order chi connectivity index (χ0) is 16.0. The standard InChI is InChI=1S/C19H28OSi/c1-15(2)21(16(3)4,17(5)6)13-12-19(20)14-18-10-8-7-9-11-18/h7-11,15-17H,14H2,1-6H3. The number of hydrogen-bond donors (Lipinski definition) is 0. The van der Waals surface area contributed by atoms with Gasteiger partial charge in [-0.15, -0.1) is 5.54 Å². The van der Waals surface area contributed by atoms with Gasteiger partial charge in [-0.25, -0.2) is 0 Å². The third-order valence-corrected chi connectivity index (χ3v) is 10.8. The maximum Gasteiger partial charge on any atom is 0.209 e. The van der Waals surface area contributed by atoms with E-state index in [4.69, 9.17) is 0 Å². The number of carbonyl (C=O) groups is 1. The van der Waals surface area contributed by atoms with E-state index >= 15 is 0 Å². The van der Waals surface area contributed by atoms with Gasteiger partial charge in [0.2, 0.25) is 5.78 Å². The van der Waals surface area contributed by atoms with Crippen LogP contribution in [-0.4, -0.2) is 13.9 Å². The summed E-state index contributed by atoms with van der Waals surface area (Å²) >= 11 is 0. The van der Waals surface area contributed by atoms with Gasteiger partial charge in [-0.3, -0.25) is 4.79 Å². The first-order valence-electron chi connectivity index (χ1n) is 7.90. The van der Waals surface area contributed by atoms with Gasteiger partial charge >= 0.3 is 0 Å². The molecule has 0 spiro atoms. The van der Waals surface area contributed by atoms with E-state index in [0.29, 0.717) is 23.0 Å². The first-order chi connectivity index (χ1) is 9.80. The van der Waals surface area contributed by atoms with Crippen molar-refractivity contribution in [3.8, 4) is 11.5 Å². The first kappa shape index (κ1) is 17.7. The number of hydrogen-bond acceptors (Lipinski definition) is 1. The second-order valence-corrected chi connectivity index (χ2v) is 12.3. The molecule has 0 bridgehead atoms. The van der Waals surface area contributed by atoms with E-state index < -0.39 is 8.07 Å². The Labute approximate surface area is 131 Å². The lowest BCUT2D eigenvalue weighted by molar-refractivity contribution is -0.113. The predicted molar refractivity (Wildman–Crippen MR) is 94.0 cm³/mol. The zero-order valence-corrected chi connectivity index (χ0v) is 15.2. The Hall–Kier alpha value is -1.33. The van der Waals surface area contributed by atoms with Crippen molar-refractivity contribution < 1.29 is 4.79 Å². The fourth-order valence-corrected chi connectivity index (χ4v) is 8.66. The van der Waals surface area contributed by atoms with Crippen molar-refractivity contribution in [3.05, 3.63) is 35.9 Å². The summed E-state index contributed by atoms with van der Waals surface area (Å²) in [5, 5.41) is 0. The Balaban J connectivity index is 2.97. The Morgan fingerprint density at radius 1 is 0.952 bits per heavy atom. The van der Waals surface area contributed by atoms with Crippen LogP contribution >= 0.6 is 0 Å². The minimum absolute atomic E-state index is 0.0417. The molecule has 0 aliphatic rings. The molecule has 0 heterocycles. The Kier molecular flexibility index (Phi) is 6.42. The molecular weight excluding hydrogens is 272 g/mol. The van der Waals surface area contributed by atoms with Crippen molar-refractivity contribution in [1.29, 1.82) is 0 Å². The van der Waals surface area contributed by atoms with E-state index in [1.807, 2.05) is 30.3 Å². The molecule has 0 N–H and O–H groups in total. The Bertz CT molecular complexity index is 496. The molecule has 0 aliphatic carbocycles. The number of carbonyl (C=O) groups excluding carboxylic acids is 1. The van der Waals surface area contributed by atoms with Gasteiger partial charge in [0.1, 0.15) is 8.07 Å². The summed E-state index contributed by atoms with van der Waals surface area (Å²) in [6.07, 6.45) is 0.423. The van der Waals surface area contributed by atoms with Gasteiger partial charge in [0.05, 0.1) is 0 Å². The molecule has 0 unspecified atom stereocenters. The van der Waals surface area contributed by atoms with E-state index in [1.54, 1.807) is 0 Å². The van der Waals surface area contributed by atoms with E-state index in [2.05, 4.69) is 53.0 Å². The topological polar surface area (TPSA) is 17.1 Å². The van der Waals surface area contributed by atoms with E-state index in [0.717, 1.165) is 5.56 Å². The van der Waals surface area contributed by atoms with Crippen molar-refractivity contribution >= 4 is 13.9 Å². The molecule has 1 aromatic rings. The largest absolute Gasteiger partial charge is 0.285 e. The van der Waals surface area contributed by atoms with Crippen LogP contribution in [0.4, 0.5) is 0 Å². The van der Waals surface area contributed by atoms with Crippen LogP contribution < -0.4 is 0 Å². The molecular formula is C19H28OSi. The van der Waals surface area contributed by atoms with Gasteiger partial charge in [0, 0.05) is 6.42 Å². The highest BCUT2D eigenvalue weighted by Crippen LogP contribution is 2.40. The zero-order valence-electron chi connectivity index (χ0n) is 14.2. The van der Waals surface area contributed by atoms with Crippen molar-refractivity contribution in [1.82, 2.24) is 0 Å². The molecule has 0 fully saturated rings. The third-order valence-electron chi connectivity index (χ3n) is 4.49. The lowest BCUT2D eigenvalue weighted by Gasteiger charge is -2.37. The maximum absolute atomic E-state index is 12.2. The molecule has 0 radical (unpaired) electrons. The van der Waals surface area contributed by atoms with Gasteiger partial charge in [-0.05, 0) is 28.1 Å². The summed E-state index contributed by atoms with van der Waals surface area (Å²) in [4.78, 5) is 12.2. The molecule has 1 nitrogen and oxygen atoms in total. The Morgan fingerprint density at radius 2 is 1.43 bits per heavy atom. The molecule has 1 aromatic carbocycles. The third kappa shape index (κ3) is 4.31. The predicted octanol–water partition coefficient (Wildman–Crippen LogP) is 5.02. The number of ketones is 1. The van der Waals surface area contributed by atoms with Crippen LogP contribution in [0.5, 0.6) is 0 Å². The van der Waals surface area contributed by atoms with Crippen LogP contribution in [0.3, 0.4) is 0 Å². The maximum atomic E-state index is 12.2. The first-order valence-corrected chi connectivity index (χ1v) is 10.1. The lowest BCUT2D eigenvalue weighted by atomic mass is 10.1. The van der Waals surface area contributed by atoms with E-state index in [1.165, 1.54) is 0 Å². The van der Waals surface area contributed by atoms with Crippen molar-refractivity contribution in [3.63, 3.8) is 0 Å². The molecule has 0 saturated heterocycles. The molecule has 21 heavy (non-hydrogen) atoms. The summed E-state index contributed by atoms with van der Waals surface area (Å²) in [6.45, 7) is 13.6. The van der Waals surface area contributed by atoms with Crippen LogP contribution in [0.25, 0.3) is 0 Å². The highest BCUT2D eigenvalue weighted by molar-refractivity contribution is 6.90. The average Bonchev–Trinajstić information content (AvgIpc) is 2.39. The van der Waals surface area contributed by atoms with E-state index in [9.17, 15) is 4.79 Å². The van der Waals surface area contributed by atoms with Crippen molar-refractivity contribution in [2.24, 2.45) is 0 Å². The molecule has 2 heteroatoms. The van der Waals surface area contributed by atoms with Gasteiger partial charge < -0.3 is 0 Å². The smallest absolute Gasteiger partial charge is 0.209 e. The van der Waals surface area contributed by atoms with Crippen molar-refractivity contribution in [2.45, 2.75) is 64.6 Å². The van der Waals surface area contributed by atoms with Crippen LogP contribution in [0.15, 0.2) is 30.3 Å². The summed E-state index contributed by atoms with van der Waals surface area (Å²) in [5.41, 5.74) is 6.23. The van der Waals surface area contributed by atoms with Crippen LogP contribution in [-0.2, 0) is 11.2 Å². The summed E-state index contributed by atoms with van der Waals surface area (Å²) < 4.78 is 0. The van der Waals surface area contributed by atoms with Gasteiger partial charge in [0.25, 0.3) is 0 Å². The average molecular weight is 301 g/mol. The highest BCUT2D eigenvalue weighted by Gasteiger charge is 2.41. The molecule has 114 valence electrons. The highest BCUT2D eigenvalue weighted by atomic mass is 28.3. The monoisotopic (exact) mass is 300 g/mol. The minimum atomic E-state index is -1.79. The second-order valence-electron chi connectivity index (χ2n) is 6.73. The van der Waals surface area contributed by atoms with Crippen LogP contribution in [0, 0.1) is 11.5 Å². The summed E-state index contributed by atoms with van der Waals surface area (Å²) in [7, 11) is -1.79. The number of Topliss-reactive ketones (excluding diaryl/α,β-unsaturated/α-hetero) is 1. The molecule has 0 aliphatic heterocycles. The van der Waals surface area contributed by atoms with E-state index in [-0.39, 0.29) is 5.78 Å². The molecule has 0 saturated carbocycles. The molecule has 0 atom stereocenters. The molecule has 0 aromatic heterocycles. The summed E-state index contributed by atoms with van der Waals surface area (Å²) in [6, 6.07) is 9.86. The molecule has 0 amide bonds. The van der Waals surface area contributed by atoms with Gasteiger partial charge in [0.15, 0.2) is 0 Å². The van der Waals surface area contributed by atoms with Gasteiger partial charge in [-0.2, -0.15) is 0 Å². The number of benzene rings is 1. The normalized spacial score (nSPS) is 11.7. The fourth-order valence-electron chi connectivity index (χ4n) is 3.44. The minimum Gasteiger partial charge on any atom is -0.285 e. The van der Waals surface area contributed by atoms with Crippen LogP contribution in [0.1, 0.15) is 47.1 Å².